The van der Waals surface area contributed by atoms with E-state index >= 15 is 0 Å². The van der Waals surface area contributed by atoms with Gasteiger partial charge in [0.2, 0.25) is 0 Å². The van der Waals surface area contributed by atoms with Crippen LogP contribution in [0.25, 0.3) is 0 Å². The molecule has 1 heterocycles. The lowest BCUT2D eigenvalue weighted by Crippen LogP contribution is -2.41. The standard InChI is InChI=1S/C13H20N2O/c14-13-10-4-3-9(6-10)12(13)8-15-7-11-2-1-5-16-11/h1-2,5,9-10,12-13,15H,3-4,6-8,14H2. The lowest BCUT2D eigenvalue weighted by molar-refractivity contribution is 0.275. The third-order valence-corrected chi connectivity index (χ3v) is 4.42. The summed E-state index contributed by atoms with van der Waals surface area (Å²) in [4.78, 5) is 0. The molecule has 1 aromatic heterocycles. The number of nitrogens with two attached hydrogens (primary N) is 1. The Morgan fingerprint density at radius 3 is 2.94 bits per heavy atom. The minimum Gasteiger partial charge on any atom is -0.468 e. The molecule has 2 aliphatic rings. The van der Waals surface area contributed by atoms with Crippen molar-refractivity contribution in [3.05, 3.63) is 24.2 Å². The van der Waals surface area contributed by atoms with Crippen LogP contribution in [-0.4, -0.2) is 12.6 Å². The monoisotopic (exact) mass is 220 g/mol. The zero-order valence-electron chi connectivity index (χ0n) is 9.56. The molecule has 0 saturated heterocycles. The van der Waals surface area contributed by atoms with Crippen LogP contribution >= 0.6 is 0 Å². The fourth-order valence-electron chi connectivity index (χ4n) is 3.53. The highest BCUT2D eigenvalue weighted by Gasteiger charge is 2.45. The van der Waals surface area contributed by atoms with E-state index in [0.29, 0.717) is 12.0 Å². The molecule has 0 aromatic carbocycles. The maximum atomic E-state index is 6.26. The summed E-state index contributed by atoms with van der Waals surface area (Å²) in [5.74, 6) is 3.38. The van der Waals surface area contributed by atoms with Gasteiger partial charge in [-0.05, 0) is 49.1 Å². The van der Waals surface area contributed by atoms with Gasteiger partial charge in [-0.3, -0.25) is 0 Å². The van der Waals surface area contributed by atoms with Crippen LogP contribution in [0.15, 0.2) is 22.8 Å². The molecule has 0 radical (unpaired) electrons. The molecule has 0 aliphatic heterocycles. The molecule has 0 spiro atoms. The van der Waals surface area contributed by atoms with Gasteiger partial charge in [0.25, 0.3) is 0 Å². The number of hydrogen-bond donors (Lipinski definition) is 2. The molecule has 1 aromatic rings. The molecule has 88 valence electrons. The number of hydrogen-bond acceptors (Lipinski definition) is 3. The van der Waals surface area contributed by atoms with E-state index in [1.165, 1.54) is 19.3 Å². The van der Waals surface area contributed by atoms with E-state index in [-0.39, 0.29) is 0 Å². The molecule has 3 rings (SSSR count). The normalized spacial score (nSPS) is 37.1. The quantitative estimate of drug-likeness (QED) is 0.812. The Balaban J connectivity index is 1.49. The van der Waals surface area contributed by atoms with E-state index < -0.39 is 0 Å². The van der Waals surface area contributed by atoms with Crippen LogP contribution in [0.5, 0.6) is 0 Å². The van der Waals surface area contributed by atoms with Gasteiger partial charge in [-0.15, -0.1) is 0 Å². The Labute approximate surface area is 96.4 Å². The number of fused-ring (bicyclic) bond motifs is 2. The van der Waals surface area contributed by atoms with Gasteiger partial charge in [-0.25, -0.2) is 0 Å². The maximum absolute atomic E-state index is 6.26. The van der Waals surface area contributed by atoms with Crippen molar-refractivity contribution in [1.82, 2.24) is 5.32 Å². The molecule has 2 saturated carbocycles. The highest BCUT2D eigenvalue weighted by atomic mass is 16.3. The van der Waals surface area contributed by atoms with Crippen molar-refractivity contribution in [3.63, 3.8) is 0 Å². The second-order valence-corrected chi connectivity index (χ2v) is 5.28. The molecule has 3 nitrogen and oxygen atoms in total. The van der Waals surface area contributed by atoms with Crippen LogP contribution in [0.3, 0.4) is 0 Å². The molecule has 2 bridgehead atoms. The van der Waals surface area contributed by atoms with Crippen LogP contribution in [-0.2, 0) is 6.54 Å². The van der Waals surface area contributed by atoms with Gasteiger partial charge in [0.15, 0.2) is 0 Å². The summed E-state index contributed by atoms with van der Waals surface area (Å²) in [5, 5.41) is 3.47. The summed E-state index contributed by atoms with van der Waals surface area (Å²) >= 11 is 0. The van der Waals surface area contributed by atoms with Crippen molar-refractivity contribution in [2.24, 2.45) is 23.5 Å². The van der Waals surface area contributed by atoms with Crippen molar-refractivity contribution >= 4 is 0 Å². The largest absolute Gasteiger partial charge is 0.468 e. The van der Waals surface area contributed by atoms with Gasteiger partial charge in [0.05, 0.1) is 12.8 Å². The Bertz CT molecular complexity index is 334. The first kappa shape index (κ1) is 10.4. The van der Waals surface area contributed by atoms with E-state index in [1.54, 1.807) is 6.26 Å². The zero-order chi connectivity index (χ0) is 11.0. The summed E-state index contributed by atoms with van der Waals surface area (Å²) < 4.78 is 5.29. The third kappa shape index (κ3) is 1.78. The average Bonchev–Trinajstić information content (AvgIpc) is 2.97. The lowest BCUT2D eigenvalue weighted by atomic mass is 9.85. The van der Waals surface area contributed by atoms with Crippen molar-refractivity contribution < 1.29 is 4.42 Å². The molecule has 4 unspecified atom stereocenters. The topological polar surface area (TPSA) is 51.2 Å². The molecule has 3 heteroatoms. The molecular formula is C13H20N2O. The summed E-state index contributed by atoms with van der Waals surface area (Å²) in [6, 6.07) is 4.37. The van der Waals surface area contributed by atoms with Crippen LogP contribution < -0.4 is 11.1 Å². The second kappa shape index (κ2) is 4.22. The van der Waals surface area contributed by atoms with Crippen molar-refractivity contribution in [2.75, 3.05) is 6.54 Å². The van der Waals surface area contributed by atoms with E-state index in [4.69, 9.17) is 10.2 Å². The predicted octanol–water partition coefficient (Wildman–Crippen LogP) is 1.74. The van der Waals surface area contributed by atoms with Crippen LogP contribution in [0.2, 0.25) is 0 Å². The van der Waals surface area contributed by atoms with Crippen LogP contribution in [0.4, 0.5) is 0 Å². The van der Waals surface area contributed by atoms with Crippen LogP contribution in [0, 0.1) is 17.8 Å². The Hall–Kier alpha value is -0.800. The van der Waals surface area contributed by atoms with E-state index in [9.17, 15) is 0 Å². The van der Waals surface area contributed by atoms with Gasteiger partial charge in [-0.1, -0.05) is 0 Å². The molecule has 2 fully saturated rings. The van der Waals surface area contributed by atoms with Crippen molar-refractivity contribution in [3.8, 4) is 0 Å². The maximum Gasteiger partial charge on any atom is 0.117 e. The van der Waals surface area contributed by atoms with E-state index in [0.717, 1.165) is 30.7 Å². The Kier molecular flexibility index (Phi) is 2.74. The fraction of sp³-hybridized carbons (Fsp3) is 0.692. The summed E-state index contributed by atoms with van der Waals surface area (Å²) in [6.07, 6.45) is 5.85. The Morgan fingerprint density at radius 1 is 1.38 bits per heavy atom. The lowest BCUT2D eigenvalue weighted by Gasteiger charge is -2.28. The summed E-state index contributed by atoms with van der Waals surface area (Å²) in [7, 11) is 0. The number of rotatable bonds is 4. The van der Waals surface area contributed by atoms with Crippen LogP contribution in [0.1, 0.15) is 25.0 Å². The third-order valence-electron chi connectivity index (χ3n) is 4.42. The first-order valence-electron chi connectivity index (χ1n) is 6.33. The SMILES string of the molecule is NC1C2CCC(C2)C1CNCc1ccco1. The van der Waals surface area contributed by atoms with Gasteiger partial charge in [0, 0.05) is 12.6 Å². The average molecular weight is 220 g/mol. The molecule has 2 aliphatic carbocycles. The van der Waals surface area contributed by atoms with Gasteiger partial charge in [-0.2, -0.15) is 0 Å². The molecule has 3 N–H and O–H groups in total. The first-order chi connectivity index (χ1) is 7.84. The second-order valence-electron chi connectivity index (χ2n) is 5.28. The van der Waals surface area contributed by atoms with Gasteiger partial charge < -0.3 is 15.5 Å². The smallest absolute Gasteiger partial charge is 0.117 e. The predicted molar refractivity (Wildman–Crippen MR) is 62.7 cm³/mol. The zero-order valence-corrected chi connectivity index (χ0v) is 9.56. The van der Waals surface area contributed by atoms with Gasteiger partial charge >= 0.3 is 0 Å². The van der Waals surface area contributed by atoms with E-state index in [1.807, 2.05) is 12.1 Å². The highest BCUT2D eigenvalue weighted by molar-refractivity contribution is 5.01. The molecular weight excluding hydrogens is 200 g/mol. The first-order valence-corrected chi connectivity index (χ1v) is 6.33. The van der Waals surface area contributed by atoms with E-state index in [2.05, 4.69) is 5.32 Å². The Morgan fingerprint density at radius 2 is 2.25 bits per heavy atom. The minimum atomic E-state index is 0.433. The van der Waals surface area contributed by atoms with Crippen molar-refractivity contribution in [1.29, 1.82) is 0 Å². The summed E-state index contributed by atoms with van der Waals surface area (Å²) in [5.41, 5.74) is 6.26. The molecule has 16 heavy (non-hydrogen) atoms. The number of furan rings is 1. The molecule has 4 atom stereocenters. The fourth-order valence-corrected chi connectivity index (χ4v) is 3.53. The van der Waals surface area contributed by atoms with Gasteiger partial charge in [0.1, 0.15) is 5.76 Å². The summed E-state index contributed by atoms with van der Waals surface area (Å²) in [6.45, 7) is 1.87. The number of nitrogens with one attached hydrogen (secondary N) is 1. The molecule has 0 amide bonds. The van der Waals surface area contributed by atoms with Crippen molar-refractivity contribution in [2.45, 2.75) is 31.8 Å². The minimum absolute atomic E-state index is 0.433. The highest BCUT2D eigenvalue weighted by Crippen LogP contribution is 2.47.